The standard InChI is InChI=1S/C20H22ClN3O/c1-24-18-8-5-4-7-17(18)23-19(24)9-3-2-6-14-22-20(25)15-10-12-16(21)13-11-15/h4-5,7-8,10-13H,2-3,6,9,14H2,1H3,(H,22,25). The first-order chi connectivity index (χ1) is 12.1. The molecule has 3 rings (SSSR count). The van der Waals surface area contributed by atoms with Crippen molar-refractivity contribution in [1.29, 1.82) is 0 Å². The van der Waals surface area contributed by atoms with Crippen LogP contribution in [0.1, 0.15) is 35.4 Å². The molecule has 25 heavy (non-hydrogen) atoms. The first-order valence-corrected chi connectivity index (χ1v) is 8.97. The minimum absolute atomic E-state index is 0.0491. The maximum absolute atomic E-state index is 12.0. The second kappa shape index (κ2) is 8.17. The van der Waals surface area contributed by atoms with E-state index < -0.39 is 0 Å². The fraction of sp³-hybridized carbons (Fsp3) is 0.300. The SMILES string of the molecule is Cn1c(CCCCCNC(=O)c2ccc(Cl)cc2)nc2ccccc21. The van der Waals surface area contributed by atoms with Gasteiger partial charge in [0.25, 0.3) is 5.91 Å². The van der Waals surface area contributed by atoms with Gasteiger partial charge < -0.3 is 9.88 Å². The minimum Gasteiger partial charge on any atom is -0.352 e. The lowest BCUT2D eigenvalue weighted by Crippen LogP contribution is -2.24. The molecule has 1 heterocycles. The summed E-state index contributed by atoms with van der Waals surface area (Å²) in [6.45, 7) is 0.685. The Morgan fingerprint density at radius 2 is 1.84 bits per heavy atom. The Morgan fingerprint density at radius 3 is 2.60 bits per heavy atom. The van der Waals surface area contributed by atoms with Crippen LogP contribution in [-0.2, 0) is 13.5 Å². The highest BCUT2D eigenvalue weighted by Gasteiger charge is 2.07. The predicted octanol–water partition coefficient (Wildman–Crippen LogP) is 4.37. The van der Waals surface area contributed by atoms with Crippen molar-refractivity contribution in [3.63, 3.8) is 0 Å². The van der Waals surface area contributed by atoms with Crippen molar-refractivity contribution >= 4 is 28.5 Å². The van der Waals surface area contributed by atoms with Gasteiger partial charge >= 0.3 is 0 Å². The number of fused-ring (bicyclic) bond motifs is 1. The van der Waals surface area contributed by atoms with Gasteiger partial charge in [-0.25, -0.2) is 4.98 Å². The van der Waals surface area contributed by atoms with Gasteiger partial charge in [0.1, 0.15) is 5.82 Å². The molecule has 0 unspecified atom stereocenters. The van der Waals surface area contributed by atoms with E-state index in [9.17, 15) is 4.79 Å². The van der Waals surface area contributed by atoms with E-state index in [4.69, 9.17) is 11.6 Å². The number of carbonyl (C=O) groups excluding carboxylic acids is 1. The lowest BCUT2D eigenvalue weighted by molar-refractivity contribution is 0.0953. The molecular formula is C20H22ClN3O. The summed E-state index contributed by atoms with van der Waals surface area (Å²) in [5.41, 5.74) is 2.87. The molecule has 0 saturated heterocycles. The highest BCUT2D eigenvalue weighted by molar-refractivity contribution is 6.30. The van der Waals surface area contributed by atoms with Gasteiger partial charge in [0, 0.05) is 30.6 Å². The zero-order valence-electron chi connectivity index (χ0n) is 14.3. The fourth-order valence-electron chi connectivity index (χ4n) is 2.91. The zero-order valence-corrected chi connectivity index (χ0v) is 15.1. The second-order valence-corrected chi connectivity index (χ2v) is 6.59. The average Bonchev–Trinajstić information content (AvgIpc) is 2.95. The maximum atomic E-state index is 12.0. The molecule has 0 saturated carbocycles. The van der Waals surface area contributed by atoms with E-state index in [1.165, 1.54) is 5.52 Å². The van der Waals surface area contributed by atoms with Crippen LogP contribution in [-0.4, -0.2) is 22.0 Å². The van der Waals surface area contributed by atoms with Crippen molar-refractivity contribution in [3.05, 3.63) is 64.9 Å². The summed E-state index contributed by atoms with van der Waals surface area (Å²) in [7, 11) is 2.07. The van der Waals surface area contributed by atoms with E-state index in [-0.39, 0.29) is 5.91 Å². The summed E-state index contributed by atoms with van der Waals surface area (Å²) < 4.78 is 2.16. The van der Waals surface area contributed by atoms with E-state index >= 15 is 0 Å². The Kier molecular flexibility index (Phi) is 5.71. The molecule has 0 aliphatic heterocycles. The van der Waals surface area contributed by atoms with Gasteiger partial charge in [-0.3, -0.25) is 4.79 Å². The van der Waals surface area contributed by atoms with Crippen molar-refractivity contribution in [2.24, 2.45) is 7.05 Å². The third kappa shape index (κ3) is 4.40. The molecule has 0 bridgehead atoms. The molecule has 3 aromatic rings. The molecule has 5 heteroatoms. The summed E-state index contributed by atoms with van der Waals surface area (Å²) in [6, 6.07) is 15.1. The number of rotatable bonds is 7. The van der Waals surface area contributed by atoms with E-state index in [0.29, 0.717) is 17.1 Å². The molecule has 4 nitrogen and oxygen atoms in total. The lowest BCUT2D eigenvalue weighted by atomic mass is 10.1. The number of benzene rings is 2. The van der Waals surface area contributed by atoms with Crippen LogP contribution in [0, 0.1) is 0 Å². The van der Waals surface area contributed by atoms with Crippen molar-refractivity contribution in [3.8, 4) is 0 Å². The van der Waals surface area contributed by atoms with Gasteiger partial charge in [-0.05, 0) is 49.2 Å². The van der Waals surface area contributed by atoms with Crippen LogP contribution < -0.4 is 5.32 Å². The molecule has 0 spiro atoms. The third-order valence-electron chi connectivity index (χ3n) is 4.35. The Hall–Kier alpha value is -2.33. The topological polar surface area (TPSA) is 46.9 Å². The van der Waals surface area contributed by atoms with Gasteiger partial charge in [0.15, 0.2) is 0 Å². The van der Waals surface area contributed by atoms with Gasteiger partial charge in [-0.2, -0.15) is 0 Å². The average molecular weight is 356 g/mol. The summed E-state index contributed by atoms with van der Waals surface area (Å²) in [4.78, 5) is 16.7. The van der Waals surface area contributed by atoms with Crippen LogP contribution in [0.15, 0.2) is 48.5 Å². The minimum atomic E-state index is -0.0491. The number of halogens is 1. The van der Waals surface area contributed by atoms with Gasteiger partial charge in [0.05, 0.1) is 11.0 Å². The normalized spacial score (nSPS) is 11.0. The van der Waals surface area contributed by atoms with Crippen molar-refractivity contribution < 1.29 is 4.79 Å². The predicted molar refractivity (Wildman–Crippen MR) is 102 cm³/mol. The number of amides is 1. The van der Waals surface area contributed by atoms with E-state index in [1.54, 1.807) is 24.3 Å². The highest BCUT2D eigenvalue weighted by Crippen LogP contribution is 2.16. The number of nitrogens with zero attached hydrogens (tertiary/aromatic N) is 2. The van der Waals surface area contributed by atoms with E-state index in [1.807, 2.05) is 18.2 Å². The molecule has 0 radical (unpaired) electrons. The van der Waals surface area contributed by atoms with Crippen molar-refractivity contribution in [1.82, 2.24) is 14.9 Å². The molecule has 2 aromatic carbocycles. The number of imidazole rings is 1. The van der Waals surface area contributed by atoms with Crippen LogP contribution in [0.3, 0.4) is 0 Å². The Balaban J connectivity index is 1.39. The number of hydrogen-bond donors (Lipinski definition) is 1. The summed E-state index contributed by atoms with van der Waals surface area (Å²) in [6.07, 6.45) is 4.04. The lowest BCUT2D eigenvalue weighted by Gasteiger charge is -2.06. The Labute approximate surface area is 152 Å². The molecule has 1 amide bonds. The quantitative estimate of drug-likeness (QED) is 0.640. The van der Waals surface area contributed by atoms with Crippen molar-refractivity contribution in [2.45, 2.75) is 25.7 Å². The number of unbranched alkanes of at least 4 members (excludes halogenated alkanes) is 2. The first kappa shape index (κ1) is 17.5. The van der Waals surface area contributed by atoms with Crippen LogP contribution >= 0.6 is 11.6 Å². The summed E-state index contributed by atoms with van der Waals surface area (Å²) in [5.74, 6) is 1.07. The highest BCUT2D eigenvalue weighted by atomic mass is 35.5. The van der Waals surface area contributed by atoms with Crippen LogP contribution in [0.4, 0.5) is 0 Å². The zero-order chi connectivity index (χ0) is 17.6. The smallest absolute Gasteiger partial charge is 0.251 e. The monoisotopic (exact) mass is 355 g/mol. The molecule has 0 aliphatic carbocycles. The first-order valence-electron chi connectivity index (χ1n) is 8.59. The molecule has 1 N–H and O–H groups in total. The Bertz CT molecular complexity index is 855. The van der Waals surface area contributed by atoms with E-state index in [0.717, 1.165) is 37.0 Å². The number of carbonyl (C=O) groups is 1. The second-order valence-electron chi connectivity index (χ2n) is 6.15. The number of nitrogens with one attached hydrogen (secondary N) is 1. The molecule has 0 atom stereocenters. The molecular weight excluding hydrogens is 334 g/mol. The molecule has 1 aromatic heterocycles. The van der Waals surface area contributed by atoms with Gasteiger partial charge in [-0.1, -0.05) is 30.2 Å². The molecule has 130 valence electrons. The van der Waals surface area contributed by atoms with Crippen LogP contribution in [0.5, 0.6) is 0 Å². The third-order valence-corrected chi connectivity index (χ3v) is 4.60. The summed E-state index contributed by atoms with van der Waals surface area (Å²) >= 11 is 5.83. The number of aryl methyl sites for hydroxylation is 2. The largest absolute Gasteiger partial charge is 0.352 e. The van der Waals surface area contributed by atoms with Crippen LogP contribution in [0.2, 0.25) is 5.02 Å². The van der Waals surface area contributed by atoms with E-state index in [2.05, 4.69) is 28.0 Å². The summed E-state index contributed by atoms with van der Waals surface area (Å²) in [5, 5.41) is 3.58. The van der Waals surface area contributed by atoms with Gasteiger partial charge in [0.2, 0.25) is 0 Å². The van der Waals surface area contributed by atoms with Crippen molar-refractivity contribution in [2.75, 3.05) is 6.54 Å². The fourth-order valence-corrected chi connectivity index (χ4v) is 3.04. The number of para-hydroxylation sites is 2. The number of aromatic nitrogens is 2. The van der Waals surface area contributed by atoms with Gasteiger partial charge in [-0.15, -0.1) is 0 Å². The maximum Gasteiger partial charge on any atom is 0.251 e. The number of hydrogen-bond acceptors (Lipinski definition) is 2. The van der Waals surface area contributed by atoms with Crippen LogP contribution in [0.25, 0.3) is 11.0 Å². The molecule has 0 aliphatic rings. The molecule has 0 fully saturated rings. The Morgan fingerprint density at radius 1 is 1.08 bits per heavy atom.